The minimum atomic E-state index is -0.781. The van der Waals surface area contributed by atoms with Gasteiger partial charge in [-0.1, -0.05) is 6.92 Å². The van der Waals surface area contributed by atoms with Crippen molar-refractivity contribution in [2.24, 2.45) is 5.92 Å². The van der Waals surface area contributed by atoms with Crippen molar-refractivity contribution in [3.8, 4) is 0 Å². The van der Waals surface area contributed by atoms with Crippen molar-refractivity contribution in [3.63, 3.8) is 0 Å². The van der Waals surface area contributed by atoms with E-state index in [1.807, 2.05) is 0 Å². The van der Waals surface area contributed by atoms with Crippen LogP contribution in [0.2, 0.25) is 0 Å². The first-order valence-electron chi connectivity index (χ1n) is 7.56. The molecule has 0 aromatic carbocycles. The molecule has 0 bridgehead atoms. The molecule has 3 N–H and O–H groups in total. The minimum Gasteiger partial charge on any atom is -0.481 e. The van der Waals surface area contributed by atoms with Crippen LogP contribution in [0.25, 0.3) is 0 Å². The van der Waals surface area contributed by atoms with Gasteiger partial charge in [0.1, 0.15) is 0 Å². The van der Waals surface area contributed by atoms with Crippen LogP contribution in [0.3, 0.4) is 0 Å². The number of carbonyl (C=O) groups is 2. The van der Waals surface area contributed by atoms with Crippen molar-refractivity contribution in [1.82, 2.24) is 15.5 Å². The van der Waals surface area contributed by atoms with E-state index in [9.17, 15) is 9.59 Å². The lowest BCUT2D eigenvalue weighted by atomic mass is 10.1. The van der Waals surface area contributed by atoms with Gasteiger partial charge in [-0.25, -0.2) is 4.79 Å². The normalized spacial score (nSPS) is 16.9. The largest absolute Gasteiger partial charge is 0.481 e. The van der Waals surface area contributed by atoms with E-state index in [1.165, 1.54) is 25.9 Å². The number of amides is 2. The highest BCUT2D eigenvalue weighted by Gasteiger charge is 2.11. The first-order chi connectivity index (χ1) is 9.59. The molecule has 1 aliphatic heterocycles. The third-order valence-electron chi connectivity index (χ3n) is 3.66. The fourth-order valence-electron chi connectivity index (χ4n) is 2.31. The van der Waals surface area contributed by atoms with E-state index >= 15 is 0 Å². The summed E-state index contributed by atoms with van der Waals surface area (Å²) in [4.78, 5) is 24.5. The summed E-state index contributed by atoms with van der Waals surface area (Å²) in [5.74, 6) is -1.13. The topological polar surface area (TPSA) is 81.7 Å². The SMILES string of the molecule is CC(CCCNC(=O)NCCCN1CCCC1)C(=O)O. The van der Waals surface area contributed by atoms with E-state index in [4.69, 9.17) is 5.11 Å². The Labute approximate surface area is 120 Å². The van der Waals surface area contributed by atoms with Crippen LogP contribution < -0.4 is 10.6 Å². The lowest BCUT2D eigenvalue weighted by Crippen LogP contribution is -2.37. The van der Waals surface area contributed by atoms with Crippen molar-refractivity contribution < 1.29 is 14.7 Å². The van der Waals surface area contributed by atoms with Gasteiger partial charge in [-0.15, -0.1) is 0 Å². The minimum absolute atomic E-state index is 0.158. The molecule has 6 nitrogen and oxygen atoms in total. The summed E-state index contributed by atoms with van der Waals surface area (Å²) in [5.41, 5.74) is 0. The number of hydrogen-bond donors (Lipinski definition) is 3. The van der Waals surface area contributed by atoms with Gasteiger partial charge in [-0.2, -0.15) is 0 Å². The zero-order valence-electron chi connectivity index (χ0n) is 12.4. The third-order valence-corrected chi connectivity index (χ3v) is 3.66. The number of likely N-dealkylation sites (tertiary alicyclic amines) is 1. The Hall–Kier alpha value is -1.30. The van der Waals surface area contributed by atoms with Crippen molar-refractivity contribution in [3.05, 3.63) is 0 Å². The standard InChI is InChI=1S/C14H27N3O3/c1-12(13(18)19)6-4-7-15-14(20)16-8-5-11-17-9-2-3-10-17/h12H,2-11H2,1H3,(H,18,19)(H2,15,16,20). The van der Waals surface area contributed by atoms with Gasteiger partial charge in [0.25, 0.3) is 0 Å². The Morgan fingerprint density at radius 3 is 2.35 bits per heavy atom. The van der Waals surface area contributed by atoms with Crippen molar-refractivity contribution in [2.45, 2.75) is 39.0 Å². The van der Waals surface area contributed by atoms with E-state index < -0.39 is 5.97 Å². The van der Waals surface area contributed by atoms with Gasteiger partial charge in [0.15, 0.2) is 0 Å². The zero-order chi connectivity index (χ0) is 14.8. The maximum atomic E-state index is 11.5. The Morgan fingerprint density at radius 2 is 1.75 bits per heavy atom. The number of carboxylic acids is 1. The fourth-order valence-corrected chi connectivity index (χ4v) is 2.31. The summed E-state index contributed by atoms with van der Waals surface area (Å²) >= 11 is 0. The highest BCUT2D eigenvalue weighted by molar-refractivity contribution is 5.73. The second-order valence-corrected chi connectivity index (χ2v) is 5.47. The van der Waals surface area contributed by atoms with Crippen LogP contribution in [-0.4, -0.2) is 54.7 Å². The molecule has 0 spiro atoms. The predicted octanol–water partition coefficient (Wildman–Crippen LogP) is 1.27. The molecule has 1 unspecified atom stereocenters. The molecule has 20 heavy (non-hydrogen) atoms. The van der Waals surface area contributed by atoms with Crippen molar-refractivity contribution in [2.75, 3.05) is 32.7 Å². The summed E-state index contributed by atoms with van der Waals surface area (Å²) in [6.07, 6.45) is 4.84. The molecular formula is C14H27N3O3. The summed E-state index contributed by atoms with van der Waals surface area (Å²) in [7, 11) is 0. The van der Waals surface area contributed by atoms with Gasteiger partial charge in [0, 0.05) is 13.1 Å². The zero-order valence-corrected chi connectivity index (χ0v) is 12.4. The van der Waals surface area contributed by atoms with E-state index in [2.05, 4.69) is 15.5 Å². The summed E-state index contributed by atoms with van der Waals surface area (Å²) in [6, 6.07) is -0.158. The van der Waals surface area contributed by atoms with E-state index in [-0.39, 0.29) is 11.9 Å². The second-order valence-electron chi connectivity index (χ2n) is 5.47. The molecule has 1 atom stereocenters. The molecule has 0 aromatic heterocycles. The molecule has 0 radical (unpaired) electrons. The molecule has 1 heterocycles. The number of nitrogens with one attached hydrogen (secondary N) is 2. The first kappa shape index (κ1) is 16.8. The number of nitrogens with zero attached hydrogens (tertiary/aromatic N) is 1. The van der Waals surface area contributed by atoms with Crippen LogP contribution >= 0.6 is 0 Å². The van der Waals surface area contributed by atoms with Crippen molar-refractivity contribution in [1.29, 1.82) is 0 Å². The van der Waals surface area contributed by atoms with Gasteiger partial charge in [0.2, 0.25) is 0 Å². The molecule has 1 rings (SSSR count). The Balaban J connectivity index is 1.91. The molecule has 6 heteroatoms. The number of aliphatic carboxylic acids is 1. The highest BCUT2D eigenvalue weighted by Crippen LogP contribution is 2.06. The van der Waals surface area contributed by atoms with Crippen LogP contribution in [0.4, 0.5) is 4.79 Å². The van der Waals surface area contributed by atoms with Gasteiger partial charge in [0.05, 0.1) is 5.92 Å². The van der Waals surface area contributed by atoms with Crippen LogP contribution in [0, 0.1) is 5.92 Å². The molecule has 0 aliphatic carbocycles. The van der Waals surface area contributed by atoms with E-state index in [1.54, 1.807) is 6.92 Å². The second kappa shape index (κ2) is 9.58. The predicted molar refractivity (Wildman–Crippen MR) is 77.7 cm³/mol. The molecule has 0 aromatic rings. The number of rotatable bonds is 9. The maximum absolute atomic E-state index is 11.5. The average Bonchev–Trinajstić information content (AvgIpc) is 2.92. The number of hydrogen-bond acceptors (Lipinski definition) is 3. The molecule has 0 saturated carbocycles. The molecule has 1 aliphatic rings. The van der Waals surface area contributed by atoms with Gasteiger partial charge in [-0.3, -0.25) is 4.79 Å². The van der Waals surface area contributed by atoms with E-state index in [0.29, 0.717) is 25.9 Å². The van der Waals surface area contributed by atoms with Gasteiger partial charge >= 0.3 is 12.0 Å². The lowest BCUT2D eigenvalue weighted by molar-refractivity contribution is -0.141. The maximum Gasteiger partial charge on any atom is 0.314 e. The molecule has 2 amide bonds. The molecule has 1 fully saturated rings. The molecule has 1 saturated heterocycles. The Bertz CT molecular complexity index is 304. The smallest absolute Gasteiger partial charge is 0.314 e. The molecular weight excluding hydrogens is 258 g/mol. The van der Waals surface area contributed by atoms with Crippen LogP contribution in [0.5, 0.6) is 0 Å². The Kier molecular flexibility index (Phi) is 8.02. The monoisotopic (exact) mass is 285 g/mol. The number of carboxylic acid groups (broad SMARTS) is 1. The first-order valence-corrected chi connectivity index (χ1v) is 7.56. The van der Waals surface area contributed by atoms with E-state index in [0.717, 1.165) is 13.0 Å². The Morgan fingerprint density at radius 1 is 1.15 bits per heavy atom. The summed E-state index contributed by atoms with van der Waals surface area (Å²) < 4.78 is 0. The highest BCUT2D eigenvalue weighted by atomic mass is 16.4. The van der Waals surface area contributed by atoms with Crippen LogP contribution in [0.15, 0.2) is 0 Å². The average molecular weight is 285 g/mol. The quantitative estimate of drug-likeness (QED) is 0.557. The number of carbonyl (C=O) groups excluding carboxylic acids is 1. The van der Waals surface area contributed by atoms with Crippen molar-refractivity contribution >= 4 is 12.0 Å². The van der Waals surface area contributed by atoms with Crippen LogP contribution in [0.1, 0.15) is 39.0 Å². The van der Waals surface area contributed by atoms with Crippen LogP contribution in [-0.2, 0) is 4.79 Å². The van der Waals surface area contributed by atoms with Gasteiger partial charge in [-0.05, 0) is 51.7 Å². The summed E-state index contributed by atoms with van der Waals surface area (Å²) in [6.45, 7) is 6.32. The third kappa shape index (κ3) is 7.33. The number of urea groups is 1. The molecule has 116 valence electrons. The summed E-state index contributed by atoms with van der Waals surface area (Å²) in [5, 5.41) is 14.3. The lowest BCUT2D eigenvalue weighted by Gasteiger charge is -2.14. The fraction of sp³-hybridized carbons (Fsp3) is 0.857. The van der Waals surface area contributed by atoms with Gasteiger partial charge < -0.3 is 20.6 Å².